The summed E-state index contributed by atoms with van der Waals surface area (Å²) in [6.45, 7) is 1.09. The number of urea groups is 1. The number of likely N-dealkylation sites (N-methyl/N-ethyl adjacent to an activating group) is 1. The second-order valence-corrected chi connectivity index (χ2v) is 4.59. The number of aromatic hydroxyl groups is 1. The number of carboxylic acids is 1. The van der Waals surface area contributed by atoms with Crippen LogP contribution < -0.4 is 5.32 Å². The van der Waals surface area contributed by atoms with Crippen LogP contribution in [-0.4, -0.2) is 53.4 Å². The van der Waals surface area contributed by atoms with E-state index in [2.05, 4.69) is 5.32 Å². The van der Waals surface area contributed by atoms with Crippen molar-refractivity contribution in [2.75, 3.05) is 25.6 Å². The zero-order valence-corrected chi connectivity index (χ0v) is 11.0. The Morgan fingerprint density at radius 3 is 2.80 bits per heavy atom. The number of rotatable bonds is 3. The molecule has 0 saturated carbocycles. The normalized spacial score (nSPS) is 17.8. The summed E-state index contributed by atoms with van der Waals surface area (Å²) in [5, 5.41) is 20.9. The monoisotopic (exact) mass is 280 g/mol. The Labute approximate surface area is 115 Å². The van der Waals surface area contributed by atoms with Gasteiger partial charge in [-0.05, 0) is 24.6 Å². The average molecular weight is 280 g/mol. The molecule has 0 aliphatic carbocycles. The fourth-order valence-corrected chi connectivity index (χ4v) is 2.01. The van der Waals surface area contributed by atoms with Crippen molar-refractivity contribution in [3.8, 4) is 5.75 Å². The molecule has 108 valence electrons. The maximum atomic E-state index is 12.1. The van der Waals surface area contributed by atoms with E-state index in [1.54, 1.807) is 7.05 Å². The van der Waals surface area contributed by atoms with Crippen LogP contribution in [0, 0.1) is 0 Å². The molecule has 1 saturated heterocycles. The fourth-order valence-electron chi connectivity index (χ4n) is 2.01. The lowest BCUT2D eigenvalue weighted by Crippen LogP contribution is -2.40. The first-order valence-electron chi connectivity index (χ1n) is 6.17. The van der Waals surface area contributed by atoms with Crippen LogP contribution in [0.5, 0.6) is 5.75 Å². The highest BCUT2D eigenvalue weighted by molar-refractivity contribution is 6.00. The zero-order valence-electron chi connectivity index (χ0n) is 11.0. The lowest BCUT2D eigenvalue weighted by atomic mass is 10.1. The summed E-state index contributed by atoms with van der Waals surface area (Å²) >= 11 is 0. The number of anilines is 1. The number of carboxylic acid groups (broad SMARTS) is 1. The van der Waals surface area contributed by atoms with E-state index in [1.165, 1.54) is 17.0 Å². The summed E-state index contributed by atoms with van der Waals surface area (Å²) in [4.78, 5) is 24.6. The summed E-state index contributed by atoms with van der Waals surface area (Å²) in [5.74, 6) is -1.39. The molecule has 1 aromatic rings. The number of benzene rings is 1. The maximum Gasteiger partial charge on any atom is 0.337 e. The number of carbonyl (C=O) groups excluding carboxylic acids is 1. The van der Waals surface area contributed by atoms with Crippen molar-refractivity contribution in [3.63, 3.8) is 0 Å². The van der Waals surface area contributed by atoms with Gasteiger partial charge in [0.1, 0.15) is 5.75 Å². The van der Waals surface area contributed by atoms with Crippen LogP contribution >= 0.6 is 0 Å². The molecule has 0 spiro atoms. The third-order valence-corrected chi connectivity index (χ3v) is 3.25. The second kappa shape index (κ2) is 5.79. The van der Waals surface area contributed by atoms with Gasteiger partial charge in [0.05, 0.1) is 23.9 Å². The van der Waals surface area contributed by atoms with E-state index in [9.17, 15) is 14.7 Å². The molecular formula is C13H16N2O5. The summed E-state index contributed by atoms with van der Waals surface area (Å²) in [7, 11) is 1.63. The Balaban J connectivity index is 2.12. The van der Waals surface area contributed by atoms with E-state index < -0.39 is 12.0 Å². The smallest absolute Gasteiger partial charge is 0.337 e. The molecule has 1 heterocycles. The van der Waals surface area contributed by atoms with Crippen LogP contribution in [0.15, 0.2) is 18.2 Å². The minimum atomic E-state index is -1.22. The molecule has 1 fully saturated rings. The number of ether oxygens (including phenoxy) is 1. The molecule has 1 aliphatic rings. The van der Waals surface area contributed by atoms with Crippen LogP contribution in [0.3, 0.4) is 0 Å². The van der Waals surface area contributed by atoms with Crippen molar-refractivity contribution in [1.29, 1.82) is 0 Å². The van der Waals surface area contributed by atoms with E-state index in [-0.39, 0.29) is 23.0 Å². The SMILES string of the molecule is CN(C(=O)Nc1ccc(O)cc1C(=O)O)C1CCOC1. The Hall–Kier alpha value is -2.28. The standard InChI is InChI=1S/C13H16N2O5/c1-15(8-4-5-20-7-8)13(19)14-11-3-2-9(16)6-10(11)12(17)18/h2-3,6,8,16H,4-5,7H2,1H3,(H,14,19)(H,17,18). The lowest BCUT2D eigenvalue weighted by Gasteiger charge is -2.23. The minimum absolute atomic E-state index is 0.0135. The first kappa shape index (κ1) is 14.1. The summed E-state index contributed by atoms with van der Waals surface area (Å²) in [6, 6.07) is 3.35. The number of carbonyl (C=O) groups is 2. The molecule has 3 N–H and O–H groups in total. The van der Waals surface area contributed by atoms with Crippen molar-refractivity contribution >= 4 is 17.7 Å². The van der Waals surface area contributed by atoms with Gasteiger partial charge in [0, 0.05) is 13.7 Å². The highest BCUT2D eigenvalue weighted by Crippen LogP contribution is 2.22. The highest BCUT2D eigenvalue weighted by atomic mass is 16.5. The van der Waals surface area contributed by atoms with Crippen LogP contribution in [0.1, 0.15) is 16.8 Å². The van der Waals surface area contributed by atoms with Gasteiger partial charge >= 0.3 is 12.0 Å². The summed E-state index contributed by atoms with van der Waals surface area (Å²) in [6.07, 6.45) is 0.755. The molecule has 1 unspecified atom stereocenters. The molecule has 1 aromatic carbocycles. The van der Waals surface area contributed by atoms with E-state index in [1.807, 2.05) is 0 Å². The number of phenols is 1. The third kappa shape index (κ3) is 3.00. The molecule has 7 heteroatoms. The number of nitrogens with one attached hydrogen (secondary N) is 1. The van der Waals surface area contributed by atoms with Crippen molar-refractivity contribution < 1.29 is 24.5 Å². The van der Waals surface area contributed by atoms with E-state index in [4.69, 9.17) is 9.84 Å². The van der Waals surface area contributed by atoms with Crippen LogP contribution in [-0.2, 0) is 4.74 Å². The first-order chi connectivity index (χ1) is 9.49. The topological polar surface area (TPSA) is 99.1 Å². The minimum Gasteiger partial charge on any atom is -0.508 e. The molecule has 1 aliphatic heterocycles. The Bertz CT molecular complexity index is 525. The Kier molecular flexibility index (Phi) is 4.09. The van der Waals surface area contributed by atoms with Gasteiger partial charge in [-0.1, -0.05) is 0 Å². The summed E-state index contributed by atoms with van der Waals surface area (Å²) < 4.78 is 5.21. The zero-order chi connectivity index (χ0) is 14.7. The molecule has 2 amide bonds. The predicted octanol–water partition coefficient (Wildman–Crippen LogP) is 1.34. The van der Waals surface area contributed by atoms with Gasteiger partial charge in [-0.25, -0.2) is 9.59 Å². The number of nitrogens with zero attached hydrogens (tertiary/aromatic N) is 1. The van der Waals surface area contributed by atoms with E-state index in [0.29, 0.717) is 13.2 Å². The van der Waals surface area contributed by atoms with Gasteiger partial charge in [0.15, 0.2) is 0 Å². The molecule has 0 bridgehead atoms. The number of aromatic carboxylic acids is 1. The fraction of sp³-hybridized carbons (Fsp3) is 0.385. The van der Waals surface area contributed by atoms with Gasteiger partial charge in [-0.15, -0.1) is 0 Å². The van der Waals surface area contributed by atoms with Gasteiger partial charge in [-0.2, -0.15) is 0 Å². The Morgan fingerprint density at radius 1 is 1.45 bits per heavy atom. The first-order valence-corrected chi connectivity index (χ1v) is 6.17. The van der Waals surface area contributed by atoms with Gasteiger partial charge in [0.2, 0.25) is 0 Å². The lowest BCUT2D eigenvalue weighted by molar-refractivity contribution is 0.0697. The quantitative estimate of drug-likeness (QED) is 0.726. The van der Waals surface area contributed by atoms with Crippen molar-refractivity contribution in [3.05, 3.63) is 23.8 Å². The molecule has 20 heavy (non-hydrogen) atoms. The average Bonchev–Trinajstić information content (AvgIpc) is 2.93. The molecule has 0 radical (unpaired) electrons. The largest absolute Gasteiger partial charge is 0.508 e. The highest BCUT2D eigenvalue weighted by Gasteiger charge is 2.25. The molecule has 0 aromatic heterocycles. The van der Waals surface area contributed by atoms with E-state index >= 15 is 0 Å². The van der Waals surface area contributed by atoms with Gasteiger partial charge < -0.3 is 25.2 Å². The molecule has 2 rings (SSSR count). The number of hydrogen-bond donors (Lipinski definition) is 3. The Morgan fingerprint density at radius 2 is 2.20 bits per heavy atom. The van der Waals surface area contributed by atoms with Crippen LogP contribution in [0.2, 0.25) is 0 Å². The van der Waals surface area contributed by atoms with Crippen molar-refractivity contribution in [1.82, 2.24) is 4.90 Å². The third-order valence-electron chi connectivity index (χ3n) is 3.25. The predicted molar refractivity (Wildman–Crippen MR) is 71.1 cm³/mol. The molecule has 1 atom stereocenters. The van der Waals surface area contributed by atoms with Crippen molar-refractivity contribution in [2.45, 2.75) is 12.5 Å². The number of hydrogen-bond acceptors (Lipinski definition) is 4. The maximum absolute atomic E-state index is 12.1. The van der Waals surface area contributed by atoms with Crippen LogP contribution in [0.25, 0.3) is 0 Å². The number of phenolic OH excluding ortho intramolecular Hbond substituents is 1. The summed E-state index contributed by atoms with van der Waals surface area (Å²) in [5.41, 5.74) is -0.0134. The number of amides is 2. The molecular weight excluding hydrogens is 264 g/mol. The van der Waals surface area contributed by atoms with Crippen molar-refractivity contribution in [2.24, 2.45) is 0 Å². The van der Waals surface area contributed by atoms with E-state index in [0.717, 1.165) is 12.5 Å². The second-order valence-electron chi connectivity index (χ2n) is 4.59. The van der Waals surface area contributed by atoms with Crippen LogP contribution in [0.4, 0.5) is 10.5 Å². The molecule has 7 nitrogen and oxygen atoms in total. The van der Waals surface area contributed by atoms with Gasteiger partial charge in [-0.3, -0.25) is 0 Å². The van der Waals surface area contributed by atoms with Gasteiger partial charge in [0.25, 0.3) is 0 Å².